The van der Waals surface area contributed by atoms with Gasteiger partial charge in [-0.05, 0) is 49.4 Å². The first-order valence-corrected chi connectivity index (χ1v) is 12.3. The first kappa shape index (κ1) is 25.3. The summed E-state index contributed by atoms with van der Waals surface area (Å²) in [6.45, 7) is 3.48. The molecule has 2 aromatic rings. The summed E-state index contributed by atoms with van der Waals surface area (Å²) in [4.78, 5) is 38.0. The van der Waals surface area contributed by atoms with Crippen LogP contribution in [0.4, 0.5) is 5.69 Å². The SMILES string of the molecule is CCN(CCC(=O)Nc1ccc(C(N)=O)cc1)C(=O)c1cccc(S(=O)(=O)N2CCOCC2)c1. The van der Waals surface area contributed by atoms with Crippen molar-refractivity contribution in [3.63, 3.8) is 0 Å². The van der Waals surface area contributed by atoms with Crippen LogP contribution in [0.3, 0.4) is 0 Å². The molecule has 0 unspecified atom stereocenters. The number of morpholine rings is 1. The number of carbonyl (C=O) groups excluding carboxylic acids is 3. The fourth-order valence-electron chi connectivity index (χ4n) is 3.49. The largest absolute Gasteiger partial charge is 0.379 e. The van der Waals surface area contributed by atoms with E-state index in [4.69, 9.17) is 10.5 Å². The number of anilines is 1. The summed E-state index contributed by atoms with van der Waals surface area (Å²) in [5.41, 5.74) is 6.28. The quantitative estimate of drug-likeness (QED) is 0.545. The maximum atomic E-state index is 13.0. The van der Waals surface area contributed by atoms with E-state index < -0.39 is 15.9 Å². The normalized spacial score (nSPS) is 14.4. The minimum atomic E-state index is -3.73. The third kappa shape index (κ3) is 6.19. The predicted molar refractivity (Wildman–Crippen MR) is 126 cm³/mol. The van der Waals surface area contributed by atoms with Crippen LogP contribution in [-0.2, 0) is 19.6 Å². The summed E-state index contributed by atoms with van der Waals surface area (Å²) in [6.07, 6.45) is 0.0446. The Balaban J connectivity index is 1.63. The zero-order valence-electron chi connectivity index (χ0n) is 18.9. The monoisotopic (exact) mass is 488 g/mol. The van der Waals surface area contributed by atoms with Gasteiger partial charge in [-0.1, -0.05) is 6.07 Å². The molecular weight excluding hydrogens is 460 g/mol. The number of carbonyl (C=O) groups is 3. The maximum Gasteiger partial charge on any atom is 0.253 e. The number of sulfonamides is 1. The van der Waals surface area contributed by atoms with Crippen LogP contribution in [0.1, 0.15) is 34.1 Å². The molecule has 34 heavy (non-hydrogen) atoms. The molecule has 3 rings (SSSR count). The highest BCUT2D eigenvalue weighted by molar-refractivity contribution is 7.89. The summed E-state index contributed by atoms with van der Waals surface area (Å²) < 4.78 is 32.4. The van der Waals surface area contributed by atoms with Gasteiger partial charge >= 0.3 is 0 Å². The number of primary amides is 1. The molecule has 3 amide bonds. The van der Waals surface area contributed by atoms with Gasteiger partial charge in [0.15, 0.2) is 0 Å². The zero-order valence-corrected chi connectivity index (χ0v) is 19.7. The fourth-order valence-corrected chi connectivity index (χ4v) is 4.94. The minimum Gasteiger partial charge on any atom is -0.379 e. The first-order valence-electron chi connectivity index (χ1n) is 10.9. The first-order chi connectivity index (χ1) is 16.2. The molecule has 11 heteroatoms. The van der Waals surface area contributed by atoms with Gasteiger partial charge in [0.25, 0.3) is 5.91 Å². The zero-order chi connectivity index (χ0) is 24.7. The number of ether oxygens (including phenoxy) is 1. The molecule has 1 heterocycles. The lowest BCUT2D eigenvalue weighted by Gasteiger charge is -2.26. The van der Waals surface area contributed by atoms with Crippen LogP contribution in [0.25, 0.3) is 0 Å². The van der Waals surface area contributed by atoms with Crippen LogP contribution in [0.5, 0.6) is 0 Å². The third-order valence-electron chi connectivity index (χ3n) is 5.42. The minimum absolute atomic E-state index is 0.0446. The van der Waals surface area contributed by atoms with Crippen molar-refractivity contribution in [1.29, 1.82) is 0 Å². The molecule has 0 bridgehead atoms. The number of hydrogen-bond donors (Lipinski definition) is 2. The molecule has 1 fully saturated rings. The maximum absolute atomic E-state index is 13.0. The fraction of sp³-hybridized carbons (Fsp3) is 0.348. The Morgan fingerprint density at radius 1 is 1.06 bits per heavy atom. The molecule has 2 aromatic carbocycles. The Labute approximate surface area is 198 Å². The summed E-state index contributed by atoms with van der Waals surface area (Å²) in [5.74, 6) is -1.22. The van der Waals surface area contributed by atoms with Gasteiger partial charge in [-0.15, -0.1) is 0 Å². The van der Waals surface area contributed by atoms with Crippen LogP contribution in [-0.4, -0.2) is 74.7 Å². The Morgan fingerprint density at radius 2 is 1.74 bits per heavy atom. The highest BCUT2D eigenvalue weighted by Crippen LogP contribution is 2.19. The highest BCUT2D eigenvalue weighted by Gasteiger charge is 2.27. The molecule has 0 atom stereocenters. The topological polar surface area (TPSA) is 139 Å². The van der Waals surface area contributed by atoms with Crippen LogP contribution < -0.4 is 11.1 Å². The van der Waals surface area contributed by atoms with E-state index >= 15 is 0 Å². The van der Waals surface area contributed by atoms with E-state index in [0.29, 0.717) is 31.0 Å². The van der Waals surface area contributed by atoms with E-state index in [1.54, 1.807) is 25.1 Å². The molecule has 0 saturated carbocycles. The van der Waals surface area contributed by atoms with Crippen LogP contribution in [0.15, 0.2) is 53.4 Å². The Kier molecular flexibility index (Phi) is 8.37. The van der Waals surface area contributed by atoms with Crippen LogP contribution in [0.2, 0.25) is 0 Å². The smallest absolute Gasteiger partial charge is 0.253 e. The van der Waals surface area contributed by atoms with E-state index in [1.807, 2.05) is 0 Å². The Morgan fingerprint density at radius 3 is 2.35 bits per heavy atom. The lowest BCUT2D eigenvalue weighted by Crippen LogP contribution is -2.40. The lowest BCUT2D eigenvalue weighted by molar-refractivity contribution is -0.116. The van der Waals surface area contributed by atoms with Gasteiger partial charge in [-0.2, -0.15) is 4.31 Å². The van der Waals surface area contributed by atoms with E-state index in [2.05, 4.69) is 5.32 Å². The number of amides is 3. The molecule has 182 valence electrons. The van der Waals surface area contributed by atoms with Gasteiger partial charge in [0.2, 0.25) is 21.8 Å². The molecule has 3 N–H and O–H groups in total. The number of hydrogen-bond acceptors (Lipinski definition) is 6. The van der Waals surface area contributed by atoms with E-state index in [9.17, 15) is 22.8 Å². The van der Waals surface area contributed by atoms with E-state index in [0.717, 1.165) is 0 Å². The molecule has 0 aromatic heterocycles. The van der Waals surface area contributed by atoms with Crippen molar-refractivity contribution in [2.75, 3.05) is 44.7 Å². The molecule has 0 radical (unpaired) electrons. The summed E-state index contributed by atoms with van der Waals surface area (Å²) >= 11 is 0. The van der Waals surface area contributed by atoms with E-state index in [-0.39, 0.29) is 48.3 Å². The number of rotatable bonds is 9. The molecule has 0 aliphatic carbocycles. The number of nitrogens with two attached hydrogens (primary N) is 1. The van der Waals surface area contributed by atoms with Gasteiger partial charge in [0.05, 0.1) is 18.1 Å². The van der Waals surface area contributed by atoms with Gasteiger partial charge in [-0.3, -0.25) is 14.4 Å². The van der Waals surface area contributed by atoms with Crippen molar-refractivity contribution in [3.8, 4) is 0 Å². The van der Waals surface area contributed by atoms with Crippen molar-refractivity contribution in [1.82, 2.24) is 9.21 Å². The average Bonchev–Trinajstić information content (AvgIpc) is 2.85. The van der Waals surface area contributed by atoms with Crippen molar-refractivity contribution in [2.45, 2.75) is 18.2 Å². The van der Waals surface area contributed by atoms with Crippen molar-refractivity contribution < 1.29 is 27.5 Å². The average molecular weight is 489 g/mol. The Hall–Kier alpha value is -3.28. The highest BCUT2D eigenvalue weighted by atomic mass is 32.2. The number of nitrogens with one attached hydrogen (secondary N) is 1. The number of benzene rings is 2. The molecule has 1 aliphatic heterocycles. The predicted octanol–water partition coefficient (Wildman–Crippen LogP) is 1.30. The summed E-state index contributed by atoms with van der Waals surface area (Å²) in [6, 6.07) is 12.1. The molecular formula is C23H28N4O6S. The molecule has 1 aliphatic rings. The second-order valence-electron chi connectivity index (χ2n) is 7.67. The van der Waals surface area contributed by atoms with Crippen LogP contribution >= 0.6 is 0 Å². The van der Waals surface area contributed by atoms with Crippen molar-refractivity contribution in [3.05, 3.63) is 59.7 Å². The summed E-state index contributed by atoms with van der Waals surface area (Å²) in [5, 5.41) is 2.71. The Bertz CT molecular complexity index is 1140. The van der Waals surface area contributed by atoms with Gasteiger partial charge in [0, 0.05) is 49.4 Å². The van der Waals surface area contributed by atoms with E-state index in [1.165, 1.54) is 39.5 Å². The van der Waals surface area contributed by atoms with Gasteiger partial charge in [-0.25, -0.2) is 8.42 Å². The standard InChI is InChI=1S/C23H28N4O6S/c1-2-26(11-10-21(28)25-19-8-6-17(7-9-19)22(24)29)23(30)18-4-3-5-20(16-18)34(31,32)27-12-14-33-15-13-27/h3-9,16H,2,10-15H2,1H3,(H2,24,29)(H,25,28). The van der Waals surface area contributed by atoms with Crippen molar-refractivity contribution in [2.24, 2.45) is 5.73 Å². The lowest BCUT2D eigenvalue weighted by atomic mass is 10.2. The summed E-state index contributed by atoms with van der Waals surface area (Å²) in [7, 11) is -3.73. The molecule has 10 nitrogen and oxygen atoms in total. The van der Waals surface area contributed by atoms with Gasteiger partial charge < -0.3 is 20.7 Å². The second-order valence-corrected chi connectivity index (χ2v) is 9.61. The molecule has 0 spiro atoms. The van der Waals surface area contributed by atoms with Crippen molar-refractivity contribution >= 4 is 33.4 Å². The molecule has 1 saturated heterocycles. The van der Waals surface area contributed by atoms with Gasteiger partial charge in [0.1, 0.15) is 0 Å². The second kappa shape index (κ2) is 11.2. The van der Waals surface area contributed by atoms with Crippen LogP contribution in [0, 0.1) is 0 Å². The number of nitrogens with zero attached hydrogens (tertiary/aromatic N) is 2. The third-order valence-corrected chi connectivity index (χ3v) is 7.31.